The molecule has 0 aliphatic carbocycles. The predicted molar refractivity (Wildman–Crippen MR) is 88.2 cm³/mol. The third-order valence-corrected chi connectivity index (χ3v) is 4.43. The standard InChI is InChI=1S/C15H24N2O5S/c1-4-15(18)17-13-11-12(7-8-14(13)22-5-2)23(19,20)16-9-6-10-21-3/h7-8,11,16H,4-6,9-10H2,1-3H3,(H,17,18). The van der Waals surface area contributed by atoms with Crippen LogP contribution in [0, 0.1) is 0 Å². The maximum Gasteiger partial charge on any atom is 0.240 e. The molecule has 0 unspecified atom stereocenters. The van der Waals surface area contributed by atoms with Crippen LogP contribution in [0.1, 0.15) is 26.7 Å². The van der Waals surface area contributed by atoms with Crippen molar-refractivity contribution in [3.63, 3.8) is 0 Å². The summed E-state index contributed by atoms with van der Waals surface area (Å²) >= 11 is 0. The molecule has 0 atom stereocenters. The Morgan fingerprint density at radius 2 is 2.00 bits per heavy atom. The summed E-state index contributed by atoms with van der Waals surface area (Å²) in [5, 5.41) is 2.66. The summed E-state index contributed by atoms with van der Waals surface area (Å²) in [5.74, 6) is 0.223. The predicted octanol–water partition coefficient (Wildman–Crippen LogP) is 1.75. The smallest absolute Gasteiger partial charge is 0.240 e. The van der Waals surface area contributed by atoms with Gasteiger partial charge in [-0.1, -0.05) is 6.92 Å². The number of hydrogen-bond donors (Lipinski definition) is 2. The Morgan fingerprint density at radius 3 is 2.61 bits per heavy atom. The van der Waals surface area contributed by atoms with E-state index in [-0.39, 0.29) is 23.8 Å². The van der Waals surface area contributed by atoms with Crippen molar-refractivity contribution in [2.24, 2.45) is 0 Å². The van der Waals surface area contributed by atoms with E-state index in [9.17, 15) is 13.2 Å². The third kappa shape index (κ3) is 6.17. The van der Waals surface area contributed by atoms with Crippen LogP contribution in [-0.4, -0.2) is 41.2 Å². The highest BCUT2D eigenvalue weighted by molar-refractivity contribution is 7.89. The van der Waals surface area contributed by atoms with Gasteiger partial charge in [-0.25, -0.2) is 13.1 Å². The second-order valence-electron chi connectivity index (χ2n) is 4.74. The fourth-order valence-corrected chi connectivity index (χ4v) is 2.90. The Hall–Kier alpha value is -1.64. The van der Waals surface area contributed by atoms with Crippen LogP contribution in [0.4, 0.5) is 5.69 Å². The van der Waals surface area contributed by atoms with Crippen molar-refractivity contribution in [3.8, 4) is 5.75 Å². The Labute approximate surface area is 137 Å². The fraction of sp³-hybridized carbons (Fsp3) is 0.533. The molecule has 2 N–H and O–H groups in total. The molecule has 0 saturated heterocycles. The quantitative estimate of drug-likeness (QED) is 0.631. The summed E-state index contributed by atoms with van der Waals surface area (Å²) in [6.07, 6.45) is 0.865. The van der Waals surface area contributed by atoms with Crippen molar-refractivity contribution in [1.82, 2.24) is 4.72 Å². The summed E-state index contributed by atoms with van der Waals surface area (Å²) in [5.41, 5.74) is 0.346. The van der Waals surface area contributed by atoms with Gasteiger partial charge in [-0.3, -0.25) is 4.79 Å². The zero-order valence-electron chi connectivity index (χ0n) is 13.7. The van der Waals surface area contributed by atoms with Gasteiger partial charge in [0.05, 0.1) is 17.2 Å². The first kappa shape index (κ1) is 19.4. The van der Waals surface area contributed by atoms with Crippen molar-refractivity contribution in [2.75, 3.05) is 32.2 Å². The van der Waals surface area contributed by atoms with Crippen LogP contribution >= 0.6 is 0 Å². The molecule has 0 radical (unpaired) electrons. The van der Waals surface area contributed by atoms with E-state index in [1.54, 1.807) is 20.1 Å². The minimum absolute atomic E-state index is 0.0739. The molecule has 1 rings (SSSR count). The number of carbonyl (C=O) groups excluding carboxylic acids is 1. The second-order valence-corrected chi connectivity index (χ2v) is 6.50. The Balaban J connectivity index is 2.98. The summed E-state index contributed by atoms with van der Waals surface area (Å²) in [6.45, 7) is 4.70. The fourth-order valence-electron chi connectivity index (χ4n) is 1.80. The number of amides is 1. The lowest BCUT2D eigenvalue weighted by Crippen LogP contribution is -2.25. The van der Waals surface area contributed by atoms with Crippen LogP contribution in [0.3, 0.4) is 0 Å². The monoisotopic (exact) mass is 344 g/mol. The Bertz CT molecular complexity index is 616. The van der Waals surface area contributed by atoms with Crippen molar-refractivity contribution >= 4 is 21.6 Å². The number of sulfonamides is 1. The van der Waals surface area contributed by atoms with E-state index in [1.165, 1.54) is 12.1 Å². The molecule has 0 spiro atoms. The minimum atomic E-state index is -3.65. The molecule has 0 fully saturated rings. The molecule has 0 aliphatic heterocycles. The van der Waals surface area contributed by atoms with E-state index in [1.807, 2.05) is 6.92 Å². The van der Waals surface area contributed by atoms with Crippen molar-refractivity contribution < 1.29 is 22.7 Å². The highest BCUT2D eigenvalue weighted by Gasteiger charge is 2.17. The summed E-state index contributed by atoms with van der Waals surface area (Å²) in [4.78, 5) is 11.7. The molecule has 23 heavy (non-hydrogen) atoms. The average Bonchev–Trinajstić information content (AvgIpc) is 2.53. The molecule has 0 aliphatic rings. The molecule has 0 aromatic heterocycles. The first-order chi connectivity index (χ1) is 10.9. The zero-order chi connectivity index (χ0) is 17.3. The van der Waals surface area contributed by atoms with Gasteiger partial charge in [-0.15, -0.1) is 0 Å². The van der Waals surface area contributed by atoms with Crippen molar-refractivity contribution in [2.45, 2.75) is 31.6 Å². The molecule has 8 heteroatoms. The van der Waals surface area contributed by atoms with Crippen LogP contribution in [0.15, 0.2) is 23.1 Å². The maximum absolute atomic E-state index is 12.3. The highest BCUT2D eigenvalue weighted by Crippen LogP contribution is 2.28. The lowest BCUT2D eigenvalue weighted by atomic mass is 10.3. The van der Waals surface area contributed by atoms with Gasteiger partial charge in [0, 0.05) is 26.7 Å². The van der Waals surface area contributed by atoms with Gasteiger partial charge in [0.1, 0.15) is 5.75 Å². The largest absolute Gasteiger partial charge is 0.492 e. The Morgan fingerprint density at radius 1 is 1.26 bits per heavy atom. The van der Waals surface area contributed by atoms with Crippen LogP contribution < -0.4 is 14.8 Å². The van der Waals surface area contributed by atoms with Gasteiger partial charge in [0.2, 0.25) is 15.9 Å². The minimum Gasteiger partial charge on any atom is -0.492 e. The van der Waals surface area contributed by atoms with E-state index in [2.05, 4.69) is 10.0 Å². The van der Waals surface area contributed by atoms with E-state index in [4.69, 9.17) is 9.47 Å². The number of carbonyl (C=O) groups is 1. The van der Waals surface area contributed by atoms with E-state index < -0.39 is 10.0 Å². The molecule has 1 aromatic carbocycles. The highest BCUT2D eigenvalue weighted by atomic mass is 32.2. The topological polar surface area (TPSA) is 93.7 Å². The zero-order valence-corrected chi connectivity index (χ0v) is 14.5. The number of nitrogens with one attached hydrogen (secondary N) is 2. The molecule has 7 nitrogen and oxygen atoms in total. The number of rotatable bonds is 10. The first-order valence-corrected chi connectivity index (χ1v) is 8.98. The van der Waals surface area contributed by atoms with Crippen molar-refractivity contribution in [3.05, 3.63) is 18.2 Å². The number of ether oxygens (including phenoxy) is 2. The van der Waals surface area contributed by atoms with Crippen LogP contribution in [0.25, 0.3) is 0 Å². The van der Waals surface area contributed by atoms with E-state index in [0.717, 1.165) is 0 Å². The lowest BCUT2D eigenvalue weighted by molar-refractivity contribution is -0.115. The molecule has 0 bridgehead atoms. The Kier molecular flexibility index (Phi) is 8.01. The van der Waals surface area contributed by atoms with Crippen LogP contribution in [0.2, 0.25) is 0 Å². The molecular formula is C15H24N2O5S. The number of benzene rings is 1. The molecule has 0 saturated carbocycles. The van der Waals surface area contributed by atoms with Crippen molar-refractivity contribution in [1.29, 1.82) is 0 Å². The SMILES string of the molecule is CCOc1ccc(S(=O)(=O)NCCCOC)cc1NC(=O)CC. The van der Waals surface area contributed by atoms with Gasteiger partial charge in [-0.05, 0) is 31.5 Å². The van der Waals surface area contributed by atoms with Crippen LogP contribution in [-0.2, 0) is 19.6 Å². The van der Waals surface area contributed by atoms with Gasteiger partial charge in [0.25, 0.3) is 0 Å². The molecule has 1 aromatic rings. The number of hydrogen-bond acceptors (Lipinski definition) is 5. The molecule has 1 amide bonds. The number of anilines is 1. The lowest BCUT2D eigenvalue weighted by Gasteiger charge is -2.13. The normalized spacial score (nSPS) is 11.3. The van der Waals surface area contributed by atoms with Gasteiger partial charge in [-0.2, -0.15) is 0 Å². The molecule has 130 valence electrons. The maximum atomic E-state index is 12.3. The summed E-state index contributed by atoms with van der Waals surface area (Å²) in [7, 11) is -2.09. The van der Waals surface area contributed by atoms with Gasteiger partial charge in [0.15, 0.2) is 0 Å². The molecular weight excluding hydrogens is 320 g/mol. The van der Waals surface area contributed by atoms with E-state index in [0.29, 0.717) is 31.1 Å². The second kappa shape index (κ2) is 9.49. The summed E-state index contributed by atoms with van der Waals surface area (Å²) < 4.78 is 37.3. The first-order valence-electron chi connectivity index (χ1n) is 7.49. The average molecular weight is 344 g/mol. The summed E-state index contributed by atoms with van der Waals surface area (Å²) in [6, 6.07) is 4.39. The third-order valence-electron chi connectivity index (χ3n) is 2.97. The number of methoxy groups -OCH3 is 1. The van der Waals surface area contributed by atoms with E-state index >= 15 is 0 Å². The van der Waals surface area contributed by atoms with Gasteiger partial charge >= 0.3 is 0 Å². The molecule has 0 heterocycles. The van der Waals surface area contributed by atoms with Gasteiger partial charge < -0.3 is 14.8 Å². The van der Waals surface area contributed by atoms with Crippen LogP contribution in [0.5, 0.6) is 5.75 Å².